The Morgan fingerprint density at radius 3 is 2.12 bits per heavy atom. The van der Waals surface area contributed by atoms with Crippen LogP contribution in [0.4, 0.5) is 11.4 Å². The number of hydrogen-bond donors (Lipinski definition) is 2. The van der Waals surface area contributed by atoms with Crippen molar-refractivity contribution in [2.75, 3.05) is 10.0 Å². The zero-order chi connectivity index (χ0) is 24.2. The number of anilines is 2. The Morgan fingerprint density at radius 1 is 0.848 bits per heavy atom. The smallest absolute Gasteiger partial charge is 0.265 e. The van der Waals surface area contributed by atoms with Gasteiger partial charge in [0, 0.05) is 11.4 Å². The number of sulfonamides is 1. The van der Waals surface area contributed by atoms with Crippen molar-refractivity contribution in [2.45, 2.75) is 52.0 Å². The fourth-order valence-electron chi connectivity index (χ4n) is 3.27. The summed E-state index contributed by atoms with van der Waals surface area (Å²) in [6, 6.07) is 17.3. The molecule has 2 N–H and O–H groups in total. The summed E-state index contributed by atoms with van der Waals surface area (Å²) in [4.78, 5) is 12.9. The molecule has 0 aromatic heterocycles. The Balaban J connectivity index is 1.69. The highest BCUT2D eigenvalue weighted by Gasteiger charge is 2.20. The second kappa shape index (κ2) is 10.1. The molecule has 7 heteroatoms. The number of benzene rings is 3. The first kappa shape index (κ1) is 24.3. The zero-order valence-electron chi connectivity index (χ0n) is 19.6. The van der Waals surface area contributed by atoms with Gasteiger partial charge in [-0.25, -0.2) is 8.42 Å². The van der Waals surface area contributed by atoms with Crippen LogP contribution in [0.15, 0.2) is 65.6 Å². The van der Waals surface area contributed by atoms with Crippen LogP contribution in [0.5, 0.6) is 5.75 Å². The molecule has 3 aromatic carbocycles. The lowest BCUT2D eigenvalue weighted by Gasteiger charge is -2.19. The van der Waals surface area contributed by atoms with Crippen molar-refractivity contribution in [1.82, 2.24) is 0 Å². The van der Waals surface area contributed by atoms with E-state index >= 15 is 0 Å². The van der Waals surface area contributed by atoms with Gasteiger partial charge in [-0.05, 0) is 98.8 Å². The van der Waals surface area contributed by atoms with Gasteiger partial charge in [0.15, 0.2) is 6.10 Å². The van der Waals surface area contributed by atoms with E-state index in [1.165, 1.54) is 12.1 Å². The Morgan fingerprint density at radius 2 is 1.48 bits per heavy atom. The lowest BCUT2D eigenvalue weighted by molar-refractivity contribution is -0.122. The van der Waals surface area contributed by atoms with Gasteiger partial charge in [-0.1, -0.05) is 25.1 Å². The first-order chi connectivity index (χ1) is 15.6. The quantitative estimate of drug-likeness (QED) is 0.458. The average Bonchev–Trinajstić information content (AvgIpc) is 2.77. The Labute approximate surface area is 196 Å². The average molecular weight is 467 g/mol. The first-order valence-electron chi connectivity index (χ1n) is 10.8. The van der Waals surface area contributed by atoms with E-state index in [9.17, 15) is 13.2 Å². The van der Waals surface area contributed by atoms with Gasteiger partial charge in [-0.15, -0.1) is 0 Å². The molecule has 3 rings (SSSR count). The van der Waals surface area contributed by atoms with Crippen LogP contribution < -0.4 is 14.8 Å². The van der Waals surface area contributed by atoms with E-state index < -0.39 is 16.1 Å². The predicted molar refractivity (Wildman–Crippen MR) is 132 cm³/mol. The van der Waals surface area contributed by atoms with Crippen molar-refractivity contribution >= 4 is 27.3 Å². The number of amides is 1. The Kier molecular flexibility index (Phi) is 7.43. The van der Waals surface area contributed by atoms with Crippen molar-refractivity contribution in [2.24, 2.45) is 0 Å². The molecule has 0 saturated carbocycles. The van der Waals surface area contributed by atoms with Gasteiger partial charge in [0.25, 0.3) is 15.9 Å². The second-order valence-corrected chi connectivity index (χ2v) is 9.88. The molecule has 0 aliphatic carbocycles. The molecule has 0 unspecified atom stereocenters. The number of hydrogen-bond acceptors (Lipinski definition) is 4. The molecule has 6 nitrogen and oxygen atoms in total. The summed E-state index contributed by atoms with van der Waals surface area (Å²) in [6.07, 6.45) is -0.175. The van der Waals surface area contributed by atoms with Crippen LogP contribution in [-0.4, -0.2) is 20.4 Å². The monoisotopic (exact) mass is 466 g/mol. The molecule has 0 aliphatic heterocycles. The highest BCUT2D eigenvalue weighted by molar-refractivity contribution is 7.92. The van der Waals surface area contributed by atoms with Gasteiger partial charge in [0.05, 0.1) is 4.90 Å². The van der Waals surface area contributed by atoms with Crippen molar-refractivity contribution < 1.29 is 17.9 Å². The number of ether oxygens (including phenoxy) is 1. The molecule has 0 saturated heterocycles. The topological polar surface area (TPSA) is 84.5 Å². The normalized spacial score (nSPS) is 12.2. The second-order valence-electron chi connectivity index (χ2n) is 8.20. The summed E-state index contributed by atoms with van der Waals surface area (Å²) in [6.45, 7) is 9.68. The molecular weight excluding hydrogens is 436 g/mol. The van der Waals surface area contributed by atoms with Crippen LogP contribution in [0.25, 0.3) is 0 Å². The van der Waals surface area contributed by atoms with Gasteiger partial charge in [-0.2, -0.15) is 0 Å². The zero-order valence-corrected chi connectivity index (χ0v) is 20.4. The third kappa shape index (κ3) is 6.14. The number of aryl methyl sites for hydroxylation is 4. The number of carbonyl (C=O) groups excluding carboxylic acids is 1. The van der Waals surface area contributed by atoms with Crippen LogP contribution in [0.1, 0.15) is 35.6 Å². The van der Waals surface area contributed by atoms with E-state index in [4.69, 9.17) is 4.74 Å². The number of carbonyl (C=O) groups is 1. The third-order valence-electron chi connectivity index (χ3n) is 5.47. The lowest BCUT2D eigenvalue weighted by atomic mass is 10.1. The predicted octanol–water partition coefficient (Wildman–Crippen LogP) is 5.52. The van der Waals surface area contributed by atoms with E-state index in [0.29, 0.717) is 23.5 Å². The molecule has 1 amide bonds. The van der Waals surface area contributed by atoms with Gasteiger partial charge in [0.1, 0.15) is 5.75 Å². The summed E-state index contributed by atoms with van der Waals surface area (Å²) in [5.74, 6) is 0.387. The van der Waals surface area contributed by atoms with Crippen molar-refractivity contribution in [3.05, 3.63) is 82.9 Å². The van der Waals surface area contributed by atoms with Crippen LogP contribution in [-0.2, 0) is 14.8 Å². The summed E-state index contributed by atoms with van der Waals surface area (Å²) >= 11 is 0. The lowest BCUT2D eigenvalue weighted by Crippen LogP contribution is -2.32. The largest absolute Gasteiger partial charge is 0.480 e. The van der Waals surface area contributed by atoms with E-state index in [1.807, 2.05) is 58.9 Å². The number of nitrogens with one attached hydrogen (secondary N) is 2. The minimum atomic E-state index is -3.75. The molecular formula is C26H30N2O4S. The van der Waals surface area contributed by atoms with Crippen molar-refractivity contribution in [1.29, 1.82) is 0 Å². The van der Waals surface area contributed by atoms with E-state index in [-0.39, 0.29) is 10.8 Å². The standard InChI is InChI=1S/C26H30N2O4S/c1-6-24(32-25-15-17(2)7-8-19(25)4)26(29)27-21-11-13-23(14-12-21)33(30,31)28-22-10-9-18(3)20(5)16-22/h7-16,24,28H,6H2,1-5H3,(H,27,29)/t24-/m0/s1. The van der Waals surface area contributed by atoms with Crippen LogP contribution in [0, 0.1) is 27.7 Å². The fourth-order valence-corrected chi connectivity index (χ4v) is 4.32. The maximum Gasteiger partial charge on any atom is 0.265 e. The minimum Gasteiger partial charge on any atom is -0.480 e. The molecule has 0 bridgehead atoms. The van der Waals surface area contributed by atoms with Crippen molar-refractivity contribution in [3.8, 4) is 5.75 Å². The highest BCUT2D eigenvalue weighted by Crippen LogP contribution is 2.23. The molecule has 174 valence electrons. The third-order valence-corrected chi connectivity index (χ3v) is 6.86. The molecule has 0 aliphatic rings. The Hall–Kier alpha value is -3.32. The molecule has 3 aromatic rings. The maximum absolute atomic E-state index is 12.8. The molecule has 0 spiro atoms. The van der Waals surface area contributed by atoms with E-state index in [2.05, 4.69) is 10.0 Å². The molecule has 1 atom stereocenters. The van der Waals surface area contributed by atoms with E-state index in [0.717, 1.165) is 22.3 Å². The first-order valence-corrected chi connectivity index (χ1v) is 12.3. The van der Waals surface area contributed by atoms with Crippen LogP contribution in [0.3, 0.4) is 0 Å². The minimum absolute atomic E-state index is 0.109. The highest BCUT2D eigenvalue weighted by atomic mass is 32.2. The van der Waals surface area contributed by atoms with Gasteiger partial charge in [-0.3, -0.25) is 9.52 Å². The van der Waals surface area contributed by atoms with Crippen LogP contribution in [0.2, 0.25) is 0 Å². The van der Waals surface area contributed by atoms with Gasteiger partial charge in [0.2, 0.25) is 0 Å². The maximum atomic E-state index is 12.8. The van der Waals surface area contributed by atoms with E-state index in [1.54, 1.807) is 24.3 Å². The van der Waals surface area contributed by atoms with Gasteiger partial charge >= 0.3 is 0 Å². The molecule has 0 heterocycles. The van der Waals surface area contributed by atoms with Gasteiger partial charge < -0.3 is 10.1 Å². The Bertz CT molecular complexity index is 1250. The summed E-state index contributed by atoms with van der Waals surface area (Å²) < 4.78 is 34.0. The summed E-state index contributed by atoms with van der Waals surface area (Å²) in [7, 11) is -3.75. The number of rotatable bonds is 8. The summed E-state index contributed by atoms with van der Waals surface area (Å²) in [5.41, 5.74) is 5.10. The molecule has 0 fully saturated rings. The van der Waals surface area contributed by atoms with Crippen molar-refractivity contribution in [3.63, 3.8) is 0 Å². The molecule has 0 radical (unpaired) electrons. The fraction of sp³-hybridized carbons (Fsp3) is 0.269. The SMILES string of the molecule is CC[C@H](Oc1cc(C)ccc1C)C(=O)Nc1ccc(S(=O)(=O)Nc2ccc(C)c(C)c2)cc1. The van der Waals surface area contributed by atoms with Crippen LogP contribution >= 0.6 is 0 Å². The summed E-state index contributed by atoms with van der Waals surface area (Å²) in [5, 5.41) is 2.81. The molecule has 33 heavy (non-hydrogen) atoms.